The molecule has 156 valence electrons. The summed E-state index contributed by atoms with van der Waals surface area (Å²) in [5, 5.41) is 19.0. The summed E-state index contributed by atoms with van der Waals surface area (Å²) < 4.78 is 22.8. The van der Waals surface area contributed by atoms with Crippen molar-refractivity contribution >= 4 is 10.0 Å². The Morgan fingerprint density at radius 2 is 1.97 bits per heavy atom. The molecule has 4 rings (SSSR count). The smallest absolute Gasteiger partial charge is 0.238 e. The molecule has 1 aliphatic heterocycles. The molecule has 7 heteroatoms. The summed E-state index contributed by atoms with van der Waals surface area (Å²) in [5.74, 6) is 0.330. The van der Waals surface area contributed by atoms with E-state index in [9.17, 15) is 13.5 Å². The zero-order valence-corrected chi connectivity index (χ0v) is 17.7. The normalized spacial score (nSPS) is 26.9. The molecule has 6 nitrogen and oxygen atoms in total. The Morgan fingerprint density at radius 3 is 2.66 bits per heavy atom. The van der Waals surface area contributed by atoms with Crippen LogP contribution in [0.1, 0.15) is 30.0 Å². The van der Waals surface area contributed by atoms with E-state index in [-0.39, 0.29) is 10.3 Å². The van der Waals surface area contributed by atoms with Crippen molar-refractivity contribution < 1.29 is 13.5 Å². The van der Waals surface area contributed by atoms with Crippen molar-refractivity contribution in [3.05, 3.63) is 59.2 Å². The number of hydrogen-bond donors (Lipinski definition) is 3. The Hall–Kier alpha value is -1.93. The zero-order valence-electron chi connectivity index (χ0n) is 16.9. The first-order valence-corrected chi connectivity index (χ1v) is 11.6. The highest BCUT2D eigenvalue weighted by Gasteiger charge is 2.49. The molecule has 0 aromatic heterocycles. The average Bonchev–Trinajstić information content (AvgIpc) is 2.67. The van der Waals surface area contributed by atoms with Crippen LogP contribution in [0.25, 0.3) is 0 Å². The van der Waals surface area contributed by atoms with Gasteiger partial charge in [-0.05, 0) is 80.4 Å². The molecule has 1 heterocycles. The molecule has 1 unspecified atom stereocenters. The molecule has 3 atom stereocenters. The van der Waals surface area contributed by atoms with Gasteiger partial charge in [0.25, 0.3) is 0 Å². The van der Waals surface area contributed by atoms with Crippen LogP contribution in [0, 0.1) is 0 Å². The number of phenolic OH excluding ortho intramolecular Hbond substituents is 1. The molecule has 0 radical (unpaired) electrons. The summed E-state index contributed by atoms with van der Waals surface area (Å²) in [5.41, 5.74) is 3.64. The molecule has 2 aromatic rings. The summed E-state index contributed by atoms with van der Waals surface area (Å²) in [7, 11) is -1.46. The Labute approximate surface area is 172 Å². The van der Waals surface area contributed by atoms with Crippen LogP contribution in [-0.2, 0) is 28.3 Å². The number of piperidine rings is 1. The van der Waals surface area contributed by atoms with E-state index in [2.05, 4.69) is 30.3 Å². The molecule has 2 aliphatic rings. The second kappa shape index (κ2) is 7.40. The number of rotatable bonds is 5. The molecule has 2 bridgehead atoms. The Morgan fingerprint density at radius 1 is 1.24 bits per heavy atom. The molecule has 0 saturated carbocycles. The van der Waals surface area contributed by atoms with Gasteiger partial charge in [0.15, 0.2) is 0 Å². The minimum atomic E-state index is -3.66. The molecule has 1 fully saturated rings. The molecule has 1 aliphatic carbocycles. The van der Waals surface area contributed by atoms with Crippen LogP contribution >= 0.6 is 0 Å². The summed E-state index contributed by atoms with van der Waals surface area (Å²) in [6, 6.07) is 13.3. The topological polar surface area (TPSA) is 95.7 Å². The number of phenols is 1. The van der Waals surface area contributed by atoms with E-state index in [0.29, 0.717) is 17.8 Å². The molecule has 1 saturated heterocycles. The van der Waals surface area contributed by atoms with Crippen molar-refractivity contribution in [2.24, 2.45) is 5.14 Å². The monoisotopic (exact) mass is 415 g/mol. The minimum Gasteiger partial charge on any atom is -0.508 e. The van der Waals surface area contributed by atoms with Crippen LogP contribution in [0.3, 0.4) is 0 Å². The van der Waals surface area contributed by atoms with Gasteiger partial charge in [-0.25, -0.2) is 13.6 Å². The Kier molecular flexibility index (Phi) is 5.19. The Bertz CT molecular complexity index is 1010. The fourth-order valence-corrected chi connectivity index (χ4v) is 5.58. The highest BCUT2D eigenvalue weighted by molar-refractivity contribution is 7.89. The van der Waals surface area contributed by atoms with E-state index in [0.717, 1.165) is 37.9 Å². The lowest BCUT2D eigenvalue weighted by atomic mass is 9.61. The third kappa shape index (κ3) is 3.80. The fourth-order valence-electron chi connectivity index (χ4n) is 5.06. The zero-order chi connectivity index (χ0) is 20.8. The van der Waals surface area contributed by atoms with Crippen molar-refractivity contribution in [2.45, 2.75) is 48.6 Å². The third-order valence-corrected chi connectivity index (χ3v) is 7.72. The van der Waals surface area contributed by atoms with Crippen LogP contribution in [0.15, 0.2) is 47.4 Å². The maximum atomic E-state index is 11.4. The van der Waals surface area contributed by atoms with Gasteiger partial charge in [0.2, 0.25) is 10.0 Å². The number of hydrogen-bond acceptors (Lipinski definition) is 5. The molecule has 0 amide bonds. The van der Waals surface area contributed by atoms with Gasteiger partial charge in [-0.1, -0.05) is 25.1 Å². The van der Waals surface area contributed by atoms with Crippen molar-refractivity contribution in [3.63, 3.8) is 0 Å². The maximum Gasteiger partial charge on any atom is 0.238 e. The van der Waals surface area contributed by atoms with E-state index in [1.165, 1.54) is 11.1 Å². The van der Waals surface area contributed by atoms with Crippen LogP contribution in [-0.4, -0.2) is 50.6 Å². The van der Waals surface area contributed by atoms with Gasteiger partial charge >= 0.3 is 0 Å². The lowest BCUT2D eigenvalue weighted by Gasteiger charge is -2.55. The number of likely N-dealkylation sites (N-methyl/N-ethyl adjacent to an activating group) is 1. The lowest BCUT2D eigenvalue weighted by Crippen LogP contribution is -2.66. The van der Waals surface area contributed by atoms with Crippen molar-refractivity contribution in [1.29, 1.82) is 0 Å². The van der Waals surface area contributed by atoms with E-state index in [1.54, 1.807) is 18.2 Å². The van der Waals surface area contributed by atoms with Crippen LogP contribution in [0.4, 0.5) is 0 Å². The number of nitrogens with two attached hydrogens (primary N) is 1. The second-order valence-corrected chi connectivity index (χ2v) is 10.2. The van der Waals surface area contributed by atoms with Crippen molar-refractivity contribution in [3.8, 4) is 5.75 Å². The molecule has 29 heavy (non-hydrogen) atoms. The summed E-state index contributed by atoms with van der Waals surface area (Å²) in [6.07, 6.45) is 2.82. The van der Waals surface area contributed by atoms with Gasteiger partial charge in [-0.15, -0.1) is 0 Å². The fraction of sp³-hybridized carbons (Fsp3) is 0.455. The van der Waals surface area contributed by atoms with E-state index < -0.39 is 10.0 Å². The van der Waals surface area contributed by atoms with Crippen LogP contribution in [0.5, 0.6) is 5.75 Å². The highest BCUT2D eigenvalue weighted by atomic mass is 32.2. The van der Waals surface area contributed by atoms with Gasteiger partial charge in [0.1, 0.15) is 5.75 Å². The quantitative estimate of drug-likeness (QED) is 0.692. The number of nitrogens with one attached hydrogen (secondary N) is 1. The van der Waals surface area contributed by atoms with E-state index in [4.69, 9.17) is 5.14 Å². The van der Waals surface area contributed by atoms with Crippen molar-refractivity contribution in [1.82, 2.24) is 10.2 Å². The third-order valence-electron chi connectivity index (χ3n) is 6.79. The summed E-state index contributed by atoms with van der Waals surface area (Å²) >= 11 is 0. The predicted octanol–water partition coefficient (Wildman–Crippen LogP) is 1.76. The first-order valence-electron chi connectivity index (χ1n) is 10.1. The number of primary sulfonamides is 1. The van der Waals surface area contributed by atoms with Gasteiger partial charge in [0, 0.05) is 17.5 Å². The number of fused-ring (bicyclic) bond motifs is 4. The first kappa shape index (κ1) is 20.3. The van der Waals surface area contributed by atoms with Gasteiger partial charge in [-0.2, -0.15) is 0 Å². The summed E-state index contributed by atoms with van der Waals surface area (Å²) in [6.45, 7) is 4.15. The van der Waals surface area contributed by atoms with Gasteiger partial charge < -0.3 is 15.3 Å². The average molecular weight is 416 g/mol. The van der Waals surface area contributed by atoms with E-state index in [1.807, 2.05) is 18.2 Å². The minimum absolute atomic E-state index is 0.0268. The maximum absolute atomic E-state index is 11.4. The summed E-state index contributed by atoms with van der Waals surface area (Å²) in [4.78, 5) is 2.58. The molecule has 2 aromatic carbocycles. The molecular weight excluding hydrogens is 386 g/mol. The number of aromatic hydroxyl groups is 1. The number of benzene rings is 2. The van der Waals surface area contributed by atoms with Crippen LogP contribution in [0.2, 0.25) is 0 Å². The largest absolute Gasteiger partial charge is 0.508 e. The SMILES string of the molecule is CN1CCC2(C)c3cc(O)ccc3C[C@H]1[C@@H]2NCCc1ccc(S(N)(=O)=O)cc1. The molecule has 0 spiro atoms. The predicted molar refractivity (Wildman–Crippen MR) is 114 cm³/mol. The molecule has 4 N–H and O–H groups in total. The number of sulfonamides is 1. The number of nitrogens with zero attached hydrogens (tertiary/aromatic N) is 1. The van der Waals surface area contributed by atoms with Gasteiger partial charge in [0.05, 0.1) is 4.90 Å². The first-order chi connectivity index (χ1) is 13.7. The van der Waals surface area contributed by atoms with Gasteiger partial charge in [-0.3, -0.25) is 0 Å². The lowest BCUT2D eigenvalue weighted by molar-refractivity contribution is 0.0663. The standard InChI is InChI=1S/C22H29N3O3S/c1-22-10-12-25(2)20(13-16-5-6-17(26)14-19(16)22)21(22)24-11-9-15-3-7-18(8-4-15)29(23,27)28/h3-8,14,20-21,24,26H,9-13H2,1-2H3,(H2,23,27,28)/t20-,21-,22?/m0/s1. The molecular formula is C22H29N3O3S. The van der Waals surface area contributed by atoms with E-state index >= 15 is 0 Å². The number of likely N-dealkylation sites (tertiary alicyclic amines) is 1. The second-order valence-electron chi connectivity index (χ2n) is 8.63. The Balaban J connectivity index is 1.51. The van der Waals surface area contributed by atoms with Crippen molar-refractivity contribution in [2.75, 3.05) is 20.1 Å². The highest BCUT2D eigenvalue weighted by Crippen LogP contribution is 2.45. The van der Waals surface area contributed by atoms with Crippen LogP contribution < -0.4 is 10.5 Å².